The average molecular weight is 215 g/mol. The van der Waals surface area contributed by atoms with Crippen LogP contribution in [0.2, 0.25) is 0 Å². The van der Waals surface area contributed by atoms with Gasteiger partial charge in [0.2, 0.25) is 0 Å². The lowest BCUT2D eigenvalue weighted by Gasteiger charge is -2.08. The highest BCUT2D eigenvalue weighted by molar-refractivity contribution is 5.58. The molecule has 0 bridgehead atoms. The zero-order valence-corrected chi connectivity index (χ0v) is 9.44. The molecule has 0 saturated carbocycles. The highest BCUT2D eigenvalue weighted by Crippen LogP contribution is 2.22. The summed E-state index contributed by atoms with van der Waals surface area (Å²) in [5, 5.41) is 0. The molecule has 2 heteroatoms. The van der Waals surface area contributed by atoms with E-state index in [0.717, 1.165) is 11.3 Å². The minimum absolute atomic E-state index is 0.101. The Bertz CT molecular complexity index is 477. The number of hydrogen-bond acceptors (Lipinski definition) is 1. The van der Waals surface area contributed by atoms with Crippen LogP contribution in [0.3, 0.4) is 0 Å². The number of pyridine rings is 1. The van der Waals surface area contributed by atoms with E-state index < -0.39 is 0 Å². The third-order valence-corrected chi connectivity index (χ3v) is 2.49. The zero-order chi connectivity index (χ0) is 11.5. The maximum Gasteiger partial charge on any atom is 0.144 e. The largest absolute Gasteiger partial charge is 0.250 e. The molecular weight excluding hydrogens is 201 g/mol. The Labute approximate surface area is 95.0 Å². The summed E-state index contributed by atoms with van der Waals surface area (Å²) in [4.78, 5) is 4.37. The Morgan fingerprint density at radius 1 is 1.00 bits per heavy atom. The van der Waals surface area contributed by atoms with Gasteiger partial charge in [-0.05, 0) is 18.1 Å². The molecule has 0 aliphatic rings. The molecule has 0 N–H and O–H groups in total. The molecule has 0 aliphatic carbocycles. The van der Waals surface area contributed by atoms with Gasteiger partial charge in [-0.25, -0.2) is 9.37 Å². The number of rotatable bonds is 2. The molecule has 0 saturated heterocycles. The summed E-state index contributed by atoms with van der Waals surface area (Å²) in [6, 6.07) is 13.0. The van der Waals surface area contributed by atoms with Crippen molar-refractivity contribution in [3.05, 3.63) is 54.0 Å². The summed E-state index contributed by atoms with van der Waals surface area (Å²) in [5.74, 6) is -0.127. The van der Waals surface area contributed by atoms with Gasteiger partial charge in [0.1, 0.15) is 5.82 Å². The van der Waals surface area contributed by atoms with E-state index in [1.807, 2.05) is 44.2 Å². The molecule has 2 rings (SSSR count). The van der Waals surface area contributed by atoms with Gasteiger partial charge in [-0.3, -0.25) is 0 Å². The lowest BCUT2D eigenvalue weighted by Crippen LogP contribution is -1.98. The second-order valence-electron chi connectivity index (χ2n) is 4.08. The Kier molecular flexibility index (Phi) is 3.00. The van der Waals surface area contributed by atoms with Gasteiger partial charge in [0.25, 0.3) is 0 Å². The Balaban J connectivity index is 2.48. The number of hydrogen-bond donors (Lipinski definition) is 0. The maximum atomic E-state index is 13.5. The molecule has 0 atom stereocenters. The fourth-order valence-corrected chi connectivity index (χ4v) is 1.63. The summed E-state index contributed by atoms with van der Waals surface area (Å²) in [6.07, 6.45) is 0. The third-order valence-electron chi connectivity index (χ3n) is 2.49. The standard InChI is InChI=1S/C14H14FN/c1-10(2)14-12(15)8-9-13(16-14)11-6-4-3-5-7-11/h3-10H,1-2H3. The first-order chi connectivity index (χ1) is 7.68. The van der Waals surface area contributed by atoms with Gasteiger partial charge < -0.3 is 0 Å². The molecule has 0 unspecified atom stereocenters. The molecule has 82 valence electrons. The van der Waals surface area contributed by atoms with Crippen LogP contribution >= 0.6 is 0 Å². The molecule has 1 aromatic carbocycles. The van der Waals surface area contributed by atoms with Crippen LogP contribution < -0.4 is 0 Å². The first-order valence-corrected chi connectivity index (χ1v) is 5.40. The molecular formula is C14H14FN. The van der Waals surface area contributed by atoms with Crippen molar-refractivity contribution in [2.45, 2.75) is 19.8 Å². The second kappa shape index (κ2) is 4.44. The SMILES string of the molecule is CC(C)c1nc(-c2ccccc2)ccc1F. The van der Waals surface area contributed by atoms with Gasteiger partial charge in [-0.1, -0.05) is 44.2 Å². The smallest absolute Gasteiger partial charge is 0.144 e. The fourth-order valence-electron chi connectivity index (χ4n) is 1.63. The molecule has 0 amide bonds. The molecule has 0 radical (unpaired) electrons. The van der Waals surface area contributed by atoms with Crippen LogP contribution in [0.5, 0.6) is 0 Å². The molecule has 1 aromatic heterocycles. The van der Waals surface area contributed by atoms with Gasteiger partial charge in [-0.15, -0.1) is 0 Å². The van der Waals surface area contributed by atoms with Crippen molar-refractivity contribution in [1.82, 2.24) is 4.98 Å². The Hall–Kier alpha value is -1.70. The van der Waals surface area contributed by atoms with Gasteiger partial charge >= 0.3 is 0 Å². The van der Waals surface area contributed by atoms with Crippen molar-refractivity contribution in [3.63, 3.8) is 0 Å². The van der Waals surface area contributed by atoms with Gasteiger partial charge in [0.05, 0.1) is 11.4 Å². The summed E-state index contributed by atoms with van der Waals surface area (Å²) in [5.41, 5.74) is 2.37. The molecule has 1 heterocycles. The third kappa shape index (κ3) is 2.11. The van der Waals surface area contributed by atoms with E-state index in [1.54, 1.807) is 6.07 Å². The molecule has 16 heavy (non-hydrogen) atoms. The maximum absolute atomic E-state index is 13.5. The molecule has 1 nitrogen and oxygen atoms in total. The van der Waals surface area contributed by atoms with E-state index in [0.29, 0.717) is 5.69 Å². The number of halogens is 1. The van der Waals surface area contributed by atoms with Gasteiger partial charge in [0.15, 0.2) is 0 Å². The van der Waals surface area contributed by atoms with Gasteiger partial charge in [0, 0.05) is 5.56 Å². The average Bonchev–Trinajstić information content (AvgIpc) is 2.30. The van der Waals surface area contributed by atoms with Crippen molar-refractivity contribution in [2.24, 2.45) is 0 Å². The number of nitrogens with zero attached hydrogens (tertiary/aromatic N) is 1. The van der Waals surface area contributed by atoms with Gasteiger partial charge in [-0.2, -0.15) is 0 Å². The Morgan fingerprint density at radius 3 is 2.31 bits per heavy atom. The van der Waals surface area contributed by atoms with Crippen molar-refractivity contribution in [2.75, 3.05) is 0 Å². The zero-order valence-electron chi connectivity index (χ0n) is 9.44. The van der Waals surface area contributed by atoms with Crippen LogP contribution in [0.15, 0.2) is 42.5 Å². The summed E-state index contributed by atoms with van der Waals surface area (Å²) in [6.45, 7) is 3.89. The quantitative estimate of drug-likeness (QED) is 0.737. The normalized spacial score (nSPS) is 10.8. The number of benzene rings is 1. The monoisotopic (exact) mass is 215 g/mol. The molecule has 0 spiro atoms. The highest BCUT2D eigenvalue weighted by atomic mass is 19.1. The molecule has 2 aromatic rings. The van der Waals surface area contributed by atoms with Crippen LogP contribution in [-0.2, 0) is 0 Å². The lowest BCUT2D eigenvalue weighted by molar-refractivity contribution is 0.585. The van der Waals surface area contributed by atoms with Crippen molar-refractivity contribution >= 4 is 0 Å². The van der Waals surface area contributed by atoms with E-state index >= 15 is 0 Å². The minimum atomic E-state index is -0.227. The van der Waals surface area contributed by atoms with Crippen LogP contribution in [0.4, 0.5) is 4.39 Å². The van der Waals surface area contributed by atoms with Crippen LogP contribution in [0.25, 0.3) is 11.3 Å². The fraction of sp³-hybridized carbons (Fsp3) is 0.214. The number of aromatic nitrogens is 1. The molecule has 0 aliphatic heterocycles. The van der Waals surface area contributed by atoms with Crippen LogP contribution in [0, 0.1) is 5.82 Å². The Morgan fingerprint density at radius 2 is 1.69 bits per heavy atom. The van der Waals surface area contributed by atoms with Crippen molar-refractivity contribution in [1.29, 1.82) is 0 Å². The first-order valence-electron chi connectivity index (χ1n) is 5.40. The summed E-state index contributed by atoms with van der Waals surface area (Å²) in [7, 11) is 0. The lowest BCUT2D eigenvalue weighted by atomic mass is 10.1. The van der Waals surface area contributed by atoms with Crippen molar-refractivity contribution < 1.29 is 4.39 Å². The van der Waals surface area contributed by atoms with E-state index in [9.17, 15) is 4.39 Å². The van der Waals surface area contributed by atoms with E-state index in [1.165, 1.54) is 6.07 Å². The highest BCUT2D eigenvalue weighted by Gasteiger charge is 2.09. The van der Waals surface area contributed by atoms with E-state index in [4.69, 9.17) is 0 Å². The first kappa shape index (κ1) is 10.8. The second-order valence-corrected chi connectivity index (χ2v) is 4.08. The molecule has 0 fully saturated rings. The van der Waals surface area contributed by atoms with Crippen LogP contribution in [0.1, 0.15) is 25.5 Å². The van der Waals surface area contributed by atoms with Crippen molar-refractivity contribution in [3.8, 4) is 11.3 Å². The topological polar surface area (TPSA) is 12.9 Å². The van der Waals surface area contributed by atoms with Crippen LogP contribution in [-0.4, -0.2) is 4.98 Å². The summed E-state index contributed by atoms with van der Waals surface area (Å²) < 4.78 is 13.5. The predicted molar refractivity (Wildman–Crippen MR) is 63.7 cm³/mol. The predicted octanol–water partition coefficient (Wildman–Crippen LogP) is 4.01. The van der Waals surface area contributed by atoms with E-state index in [-0.39, 0.29) is 11.7 Å². The summed E-state index contributed by atoms with van der Waals surface area (Å²) >= 11 is 0. The minimum Gasteiger partial charge on any atom is -0.250 e. The van der Waals surface area contributed by atoms with E-state index in [2.05, 4.69) is 4.98 Å².